The number of ether oxygens (including phenoxy) is 1. The van der Waals surface area contributed by atoms with Crippen molar-refractivity contribution in [3.8, 4) is 0 Å². The Hall–Kier alpha value is -0.290. The second kappa shape index (κ2) is 5.56. The molecule has 1 aliphatic rings. The van der Waals surface area contributed by atoms with Crippen LogP contribution in [0.25, 0.3) is 0 Å². The zero-order chi connectivity index (χ0) is 10.4. The highest BCUT2D eigenvalue weighted by atomic mass is 19.4. The molecule has 0 atom stereocenters. The molecule has 0 bridgehead atoms. The summed E-state index contributed by atoms with van der Waals surface area (Å²) in [6.45, 7) is 0.792. The van der Waals surface area contributed by atoms with Gasteiger partial charge in [-0.1, -0.05) is 0 Å². The molecule has 84 valence electrons. The highest BCUT2D eigenvalue weighted by Gasteiger charge is 2.25. The number of alkyl halides is 3. The van der Waals surface area contributed by atoms with Gasteiger partial charge in [0, 0.05) is 13.2 Å². The fourth-order valence-corrected chi connectivity index (χ4v) is 1.06. The Balaban J connectivity index is 1.75. The smallest absolute Gasteiger partial charge is 0.381 e. The minimum absolute atomic E-state index is 0.365. The van der Waals surface area contributed by atoms with Crippen LogP contribution in [-0.2, 0) is 4.74 Å². The van der Waals surface area contributed by atoms with Gasteiger partial charge < -0.3 is 10.1 Å². The summed E-state index contributed by atoms with van der Waals surface area (Å²) in [6.07, 6.45) is -0.976. The average Bonchev–Trinajstić information content (AvgIpc) is 2.84. The van der Waals surface area contributed by atoms with Crippen molar-refractivity contribution in [2.45, 2.75) is 25.4 Å². The quantitative estimate of drug-likeness (QED) is 0.650. The maximum atomic E-state index is 11.7. The minimum atomic E-state index is -4.10. The lowest BCUT2D eigenvalue weighted by Gasteiger charge is -2.08. The van der Waals surface area contributed by atoms with Gasteiger partial charge in [-0.25, -0.2) is 0 Å². The summed E-state index contributed by atoms with van der Waals surface area (Å²) in [5.74, 6) is 0.720. The molecule has 2 nitrogen and oxygen atoms in total. The third-order valence-corrected chi connectivity index (χ3v) is 2.02. The second-order valence-corrected chi connectivity index (χ2v) is 3.66. The van der Waals surface area contributed by atoms with Gasteiger partial charge in [-0.05, 0) is 31.7 Å². The molecule has 0 amide bonds. The van der Waals surface area contributed by atoms with Crippen molar-refractivity contribution in [2.24, 2.45) is 5.92 Å². The van der Waals surface area contributed by atoms with Gasteiger partial charge in [0.05, 0.1) is 6.54 Å². The van der Waals surface area contributed by atoms with E-state index >= 15 is 0 Å². The van der Waals surface area contributed by atoms with Gasteiger partial charge in [-0.3, -0.25) is 0 Å². The average molecular weight is 211 g/mol. The molecule has 1 fully saturated rings. The lowest BCUT2D eigenvalue weighted by atomic mass is 10.4. The highest BCUT2D eigenvalue weighted by Crippen LogP contribution is 2.28. The first-order valence-electron chi connectivity index (χ1n) is 4.93. The van der Waals surface area contributed by atoms with Crippen LogP contribution in [0.1, 0.15) is 19.3 Å². The van der Waals surface area contributed by atoms with Gasteiger partial charge in [0.2, 0.25) is 0 Å². The van der Waals surface area contributed by atoms with Crippen molar-refractivity contribution < 1.29 is 17.9 Å². The molecule has 0 aromatic heterocycles. The molecule has 1 rings (SSSR count). The molecule has 0 saturated heterocycles. The minimum Gasteiger partial charge on any atom is -0.381 e. The van der Waals surface area contributed by atoms with E-state index in [9.17, 15) is 13.2 Å². The van der Waals surface area contributed by atoms with Crippen molar-refractivity contribution >= 4 is 0 Å². The molecule has 1 N–H and O–H groups in total. The SMILES string of the molecule is FC(F)(F)CNCCCOCC1CC1. The van der Waals surface area contributed by atoms with Crippen LogP contribution >= 0.6 is 0 Å². The lowest BCUT2D eigenvalue weighted by Crippen LogP contribution is -2.29. The lowest BCUT2D eigenvalue weighted by molar-refractivity contribution is -0.124. The molecule has 0 radical (unpaired) electrons. The molecular weight excluding hydrogens is 195 g/mol. The van der Waals surface area contributed by atoms with Crippen LogP contribution in [0, 0.1) is 5.92 Å². The van der Waals surface area contributed by atoms with E-state index in [1.165, 1.54) is 12.8 Å². The van der Waals surface area contributed by atoms with E-state index in [2.05, 4.69) is 5.32 Å². The van der Waals surface area contributed by atoms with Gasteiger partial charge in [-0.2, -0.15) is 13.2 Å². The molecule has 14 heavy (non-hydrogen) atoms. The Morgan fingerprint density at radius 3 is 2.57 bits per heavy atom. The molecule has 0 heterocycles. The standard InChI is InChI=1S/C9H16F3NO/c10-9(11,12)7-13-4-1-5-14-6-8-2-3-8/h8,13H,1-7H2. The Morgan fingerprint density at radius 1 is 1.29 bits per heavy atom. The van der Waals surface area contributed by atoms with Crippen molar-refractivity contribution in [1.29, 1.82) is 0 Å². The fourth-order valence-electron chi connectivity index (χ4n) is 1.06. The van der Waals surface area contributed by atoms with Crippen LogP contribution < -0.4 is 5.32 Å². The van der Waals surface area contributed by atoms with Gasteiger partial charge in [0.1, 0.15) is 0 Å². The van der Waals surface area contributed by atoms with E-state index in [1.807, 2.05) is 0 Å². The zero-order valence-electron chi connectivity index (χ0n) is 8.07. The molecule has 0 aliphatic heterocycles. The number of nitrogens with one attached hydrogen (secondary N) is 1. The van der Waals surface area contributed by atoms with E-state index in [-0.39, 0.29) is 0 Å². The topological polar surface area (TPSA) is 21.3 Å². The van der Waals surface area contributed by atoms with Gasteiger partial charge >= 0.3 is 6.18 Å². The summed E-state index contributed by atoms with van der Waals surface area (Å²) >= 11 is 0. The Bertz CT molecular complexity index is 157. The normalized spacial score (nSPS) is 17.4. The molecular formula is C9H16F3NO. The maximum absolute atomic E-state index is 11.7. The third-order valence-electron chi connectivity index (χ3n) is 2.02. The predicted molar refractivity (Wildman–Crippen MR) is 47.1 cm³/mol. The van der Waals surface area contributed by atoms with Crippen molar-refractivity contribution in [3.05, 3.63) is 0 Å². The van der Waals surface area contributed by atoms with E-state index in [4.69, 9.17) is 4.74 Å². The Kier molecular flexibility index (Phi) is 4.68. The molecule has 1 saturated carbocycles. The summed E-state index contributed by atoms with van der Waals surface area (Å²) < 4.78 is 40.2. The molecule has 1 aliphatic carbocycles. The second-order valence-electron chi connectivity index (χ2n) is 3.66. The number of halogens is 3. The molecule has 0 aromatic carbocycles. The molecule has 0 unspecified atom stereocenters. The first kappa shape index (κ1) is 11.8. The van der Waals surface area contributed by atoms with Gasteiger partial charge in [-0.15, -0.1) is 0 Å². The molecule has 0 spiro atoms. The van der Waals surface area contributed by atoms with Gasteiger partial charge in [0.15, 0.2) is 0 Å². The first-order chi connectivity index (χ1) is 6.58. The van der Waals surface area contributed by atoms with E-state index in [1.54, 1.807) is 0 Å². The maximum Gasteiger partial charge on any atom is 0.401 e. The fraction of sp³-hybridized carbons (Fsp3) is 1.00. The Labute approximate surface area is 81.8 Å². The monoisotopic (exact) mass is 211 g/mol. The van der Waals surface area contributed by atoms with Crippen molar-refractivity contribution in [1.82, 2.24) is 5.32 Å². The number of hydrogen-bond acceptors (Lipinski definition) is 2. The summed E-state index contributed by atoms with van der Waals surface area (Å²) in [4.78, 5) is 0. The van der Waals surface area contributed by atoms with Crippen LogP contribution in [0.4, 0.5) is 13.2 Å². The van der Waals surface area contributed by atoms with Crippen LogP contribution in [0.15, 0.2) is 0 Å². The van der Waals surface area contributed by atoms with E-state index in [0.29, 0.717) is 19.6 Å². The summed E-state index contributed by atoms with van der Waals surface area (Å²) in [5.41, 5.74) is 0. The van der Waals surface area contributed by atoms with Crippen LogP contribution in [0.2, 0.25) is 0 Å². The highest BCUT2D eigenvalue weighted by molar-refractivity contribution is 4.71. The van der Waals surface area contributed by atoms with Gasteiger partial charge in [0.25, 0.3) is 0 Å². The van der Waals surface area contributed by atoms with Crippen LogP contribution in [0.3, 0.4) is 0 Å². The summed E-state index contributed by atoms with van der Waals surface area (Å²) in [6, 6.07) is 0. The molecule has 0 aromatic rings. The zero-order valence-corrected chi connectivity index (χ0v) is 8.07. The Morgan fingerprint density at radius 2 is 2.00 bits per heavy atom. The molecule has 5 heteroatoms. The van der Waals surface area contributed by atoms with Crippen molar-refractivity contribution in [2.75, 3.05) is 26.3 Å². The van der Waals surface area contributed by atoms with Crippen LogP contribution in [0.5, 0.6) is 0 Å². The predicted octanol–water partition coefficient (Wildman–Crippen LogP) is 1.95. The van der Waals surface area contributed by atoms with E-state index < -0.39 is 12.7 Å². The largest absolute Gasteiger partial charge is 0.401 e. The van der Waals surface area contributed by atoms with Crippen LogP contribution in [-0.4, -0.2) is 32.5 Å². The number of hydrogen-bond donors (Lipinski definition) is 1. The summed E-state index contributed by atoms with van der Waals surface area (Å²) in [7, 11) is 0. The first-order valence-corrected chi connectivity index (χ1v) is 4.93. The number of rotatable bonds is 7. The van der Waals surface area contributed by atoms with Crippen molar-refractivity contribution in [3.63, 3.8) is 0 Å². The summed E-state index contributed by atoms with van der Waals surface area (Å²) in [5, 5.41) is 2.32. The van der Waals surface area contributed by atoms with E-state index in [0.717, 1.165) is 12.5 Å². The third kappa shape index (κ3) is 7.15.